The van der Waals surface area contributed by atoms with Crippen molar-refractivity contribution in [3.8, 4) is 0 Å². The second-order valence-corrected chi connectivity index (χ2v) is 7.47. The molecule has 0 fully saturated rings. The number of aryl methyl sites for hydroxylation is 1. The Hall–Kier alpha value is -2.68. The number of hydrogen-bond donors (Lipinski definition) is 0. The van der Waals surface area contributed by atoms with Crippen LogP contribution in [-0.2, 0) is 16.4 Å². The summed E-state index contributed by atoms with van der Waals surface area (Å²) < 4.78 is 30.2. The van der Waals surface area contributed by atoms with Gasteiger partial charge in [-0.3, -0.25) is 9.20 Å². The van der Waals surface area contributed by atoms with Crippen LogP contribution in [0.25, 0.3) is 5.52 Å². The molecule has 0 radical (unpaired) electrons. The van der Waals surface area contributed by atoms with Crippen molar-refractivity contribution >= 4 is 21.3 Å². The maximum Gasteiger partial charge on any atom is 0.274 e. The first-order valence-corrected chi connectivity index (χ1v) is 9.01. The highest BCUT2D eigenvalue weighted by molar-refractivity contribution is 7.90. The van der Waals surface area contributed by atoms with Crippen LogP contribution in [0, 0.1) is 6.92 Å². The molecule has 0 saturated carbocycles. The molecule has 0 atom stereocenters. The van der Waals surface area contributed by atoms with Crippen molar-refractivity contribution in [1.29, 1.82) is 0 Å². The molecule has 0 saturated heterocycles. The van der Waals surface area contributed by atoms with E-state index in [1.165, 1.54) is 9.30 Å². The number of hydrogen-bond acceptors (Lipinski definition) is 6. The zero-order chi connectivity index (χ0) is 17.5. The maximum absolute atomic E-state index is 12.7. The van der Waals surface area contributed by atoms with Gasteiger partial charge in [0.05, 0.1) is 12.1 Å². The highest BCUT2D eigenvalue weighted by Gasteiger charge is 2.25. The van der Waals surface area contributed by atoms with Gasteiger partial charge in [-0.1, -0.05) is 11.2 Å². The second-order valence-electron chi connectivity index (χ2n) is 5.56. The summed E-state index contributed by atoms with van der Waals surface area (Å²) in [7, 11) is -1.97. The molecular weight excluding hydrogens is 332 g/mol. The molecule has 0 bridgehead atoms. The Balaban J connectivity index is 2.01. The van der Waals surface area contributed by atoms with Crippen LogP contribution >= 0.6 is 0 Å². The van der Waals surface area contributed by atoms with E-state index >= 15 is 0 Å². The number of sulfone groups is 1. The summed E-state index contributed by atoms with van der Waals surface area (Å²) in [5, 5.41) is 3.69. The van der Waals surface area contributed by atoms with E-state index in [1.54, 1.807) is 44.4 Å². The molecule has 3 aromatic rings. The summed E-state index contributed by atoms with van der Waals surface area (Å²) in [4.78, 5) is 18.2. The summed E-state index contributed by atoms with van der Waals surface area (Å²) in [6, 6.07) is 6.79. The first-order valence-electron chi connectivity index (χ1n) is 7.12. The fourth-order valence-corrected chi connectivity index (χ4v) is 3.19. The number of carbonyl (C=O) groups is 1. The minimum absolute atomic E-state index is 0.0822. The van der Waals surface area contributed by atoms with E-state index in [0.717, 1.165) is 6.26 Å². The maximum atomic E-state index is 12.7. The fourth-order valence-electron chi connectivity index (χ4n) is 2.42. The van der Waals surface area contributed by atoms with Gasteiger partial charge in [-0.05, 0) is 19.1 Å². The number of amides is 1. The highest BCUT2D eigenvalue weighted by atomic mass is 32.2. The predicted octanol–water partition coefficient (Wildman–Crippen LogP) is 1.31. The van der Waals surface area contributed by atoms with Crippen molar-refractivity contribution in [2.75, 3.05) is 13.3 Å². The average molecular weight is 348 g/mol. The molecule has 0 spiro atoms. The van der Waals surface area contributed by atoms with E-state index in [9.17, 15) is 13.2 Å². The second kappa shape index (κ2) is 5.75. The van der Waals surface area contributed by atoms with E-state index in [-0.39, 0.29) is 17.4 Å². The zero-order valence-electron chi connectivity index (χ0n) is 13.4. The van der Waals surface area contributed by atoms with Gasteiger partial charge in [0.2, 0.25) is 15.0 Å². The topological polar surface area (TPSA) is 97.8 Å². The van der Waals surface area contributed by atoms with Crippen molar-refractivity contribution in [3.63, 3.8) is 0 Å². The average Bonchev–Trinajstić information content (AvgIpc) is 3.09. The molecule has 1 amide bonds. The summed E-state index contributed by atoms with van der Waals surface area (Å²) in [5.41, 5.74) is 1.13. The van der Waals surface area contributed by atoms with Crippen molar-refractivity contribution in [2.24, 2.45) is 0 Å². The van der Waals surface area contributed by atoms with Gasteiger partial charge in [0.1, 0.15) is 11.5 Å². The van der Waals surface area contributed by atoms with Gasteiger partial charge in [-0.15, -0.1) is 0 Å². The third-order valence-electron chi connectivity index (χ3n) is 3.47. The molecule has 0 aromatic carbocycles. The van der Waals surface area contributed by atoms with Crippen LogP contribution in [0.4, 0.5) is 0 Å². The Kier molecular flexibility index (Phi) is 3.88. The monoisotopic (exact) mass is 348 g/mol. The Labute approximate surface area is 138 Å². The number of aromatic nitrogens is 3. The number of carbonyl (C=O) groups excluding carboxylic acids is 1. The van der Waals surface area contributed by atoms with Gasteiger partial charge in [-0.25, -0.2) is 13.4 Å². The molecule has 3 rings (SSSR count). The molecule has 126 valence electrons. The highest BCUT2D eigenvalue weighted by Crippen LogP contribution is 2.19. The quantitative estimate of drug-likeness (QED) is 0.705. The van der Waals surface area contributed by atoms with Crippen LogP contribution in [0.3, 0.4) is 0 Å². The van der Waals surface area contributed by atoms with Crippen molar-refractivity contribution in [1.82, 2.24) is 19.4 Å². The lowest BCUT2D eigenvalue weighted by Crippen LogP contribution is -2.27. The first kappa shape index (κ1) is 16.2. The molecule has 0 N–H and O–H groups in total. The first-order chi connectivity index (χ1) is 11.3. The molecule has 0 aliphatic carbocycles. The molecule has 9 heteroatoms. The molecular formula is C15H16N4O4S. The number of imidazole rings is 1. The van der Waals surface area contributed by atoms with Gasteiger partial charge < -0.3 is 9.42 Å². The van der Waals surface area contributed by atoms with Crippen LogP contribution in [0.15, 0.2) is 40.1 Å². The van der Waals surface area contributed by atoms with Gasteiger partial charge in [0.25, 0.3) is 5.91 Å². The molecule has 0 unspecified atom stereocenters. The third kappa shape index (κ3) is 2.90. The largest absolute Gasteiger partial charge is 0.361 e. The summed E-state index contributed by atoms with van der Waals surface area (Å²) in [5.74, 6) is 0.256. The van der Waals surface area contributed by atoms with Crippen molar-refractivity contribution < 1.29 is 17.7 Å². The number of rotatable bonds is 4. The van der Waals surface area contributed by atoms with Crippen LogP contribution in [0.5, 0.6) is 0 Å². The third-order valence-corrected chi connectivity index (χ3v) is 4.42. The van der Waals surface area contributed by atoms with Crippen LogP contribution in [0.2, 0.25) is 0 Å². The molecule has 24 heavy (non-hydrogen) atoms. The van der Waals surface area contributed by atoms with E-state index in [4.69, 9.17) is 4.52 Å². The normalized spacial score (nSPS) is 11.8. The lowest BCUT2D eigenvalue weighted by molar-refractivity contribution is 0.0778. The molecule has 0 aliphatic rings. The van der Waals surface area contributed by atoms with E-state index in [0.29, 0.717) is 17.0 Å². The van der Waals surface area contributed by atoms with E-state index < -0.39 is 15.7 Å². The summed E-state index contributed by atoms with van der Waals surface area (Å²) in [6.07, 6.45) is 2.63. The van der Waals surface area contributed by atoms with Crippen LogP contribution < -0.4 is 0 Å². The minimum Gasteiger partial charge on any atom is -0.361 e. The van der Waals surface area contributed by atoms with Gasteiger partial charge in [-0.2, -0.15) is 0 Å². The smallest absolute Gasteiger partial charge is 0.274 e. The lowest BCUT2D eigenvalue weighted by atomic mass is 10.3. The molecule has 3 aromatic heterocycles. The predicted molar refractivity (Wildman–Crippen MR) is 85.3 cm³/mol. The number of pyridine rings is 1. The van der Waals surface area contributed by atoms with Crippen LogP contribution in [0.1, 0.15) is 21.9 Å². The minimum atomic E-state index is -3.57. The Morgan fingerprint density at radius 2 is 2.12 bits per heavy atom. The summed E-state index contributed by atoms with van der Waals surface area (Å²) in [6.45, 7) is 2.00. The molecule has 8 nitrogen and oxygen atoms in total. The lowest BCUT2D eigenvalue weighted by Gasteiger charge is -2.14. The van der Waals surface area contributed by atoms with Crippen LogP contribution in [-0.4, -0.2) is 47.1 Å². The van der Waals surface area contributed by atoms with Gasteiger partial charge >= 0.3 is 0 Å². The Morgan fingerprint density at radius 1 is 1.38 bits per heavy atom. The van der Waals surface area contributed by atoms with Crippen molar-refractivity contribution in [3.05, 3.63) is 47.6 Å². The standard InChI is InChI=1S/C15H16N4O4S/c1-10-8-11(17-23-10)9-18(2)14(20)13-12-6-4-5-7-19(12)15(16-13)24(3,21)22/h4-8H,9H2,1-3H3. The Morgan fingerprint density at radius 3 is 2.75 bits per heavy atom. The number of nitrogens with zero attached hydrogens (tertiary/aromatic N) is 4. The fraction of sp³-hybridized carbons (Fsp3) is 0.267. The van der Waals surface area contributed by atoms with E-state index in [2.05, 4.69) is 10.1 Å². The van der Waals surface area contributed by atoms with Gasteiger partial charge in [0.15, 0.2) is 5.69 Å². The van der Waals surface area contributed by atoms with Gasteiger partial charge in [0, 0.05) is 25.6 Å². The molecule has 3 heterocycles. The van der Waals surface area contributed by atoms with Crippen molar-refractivity contribution in [2.45, 2.75) is 18.6 Å². The SMILES string of the molecule is Cc1cc(CN(C)C(=O)c2nc(S(C)(=O)=O)n3ccccc23)no1. The van der Waals surface area contributed by atoms with E-state index in [1.807, 2.05) is 0 Å². The number of fused-ring (bicyclic) bond motifs is 1. The Bertz CT molecular complexity index is 1020. The summed E-state index contributed by atoms with van der Waals surface area (Å²) >= 11 is 0. The zero-order valence-corrected chi connectivity index (χ0v) is 14.2. The molecule has 0 aliphatic heterocycles.